The zero-order valence-electron chi connectivity index (χ0n) is 58.8. The van der Waals surface area contributed by atoms with Crippen LogP contribution in [-0.2, 0) is 33.2 Å². The molecule has 0 aromatic rings. The Labute approximate surface area is 563 Å². The molecule has 0 aromatic carbocycles. The molecule has 3 heterocycles. The standard InChI is InChI=1S/C74H143NO18/c1-3-5-7-9-11-13-15-17-19-21-22-23-24-25-26-27-28-29-30-31-32-33-34-35-36-38-40-42-44-46-48-50-52-62(80)75-57(58(79)51-49-47-45-43-41-39-37-20-18-16-14-12-10-8-6-4-2)56-88-72-68(86)65(83)70(60(54-77)90-72)93-74-69(87)66(84)71(61(55-78)91-74)92-73-67(85)64(82)63(81)59(53-76)89-73/h57-61,63-74,76-79,81-87H,3-56H2,1-2H3,(H,75,80). The smallest absolute Gasteiger partial charge is 0.220 e. The zero-order chi connectivity index (χ0) is 67.5. The Bertz CT molecular complexity index is 1690. The number of unbranched alkanes of at least 4 members (excludes halogenated alkanes) is 46. The van der Waals surface area contributed by atoms with Gasteiger partial charge in [-0.15, -0.1) is 0 Å². The number of aliphatic hydroxyl groups is 11. The molecule has 552 valence electrons. The van der Waals surface area contributed by atoms with Gasteiger partial charge >= 0.3 is 0 Å². The van der Waals surface area contributed by atoms with Crippen molar-refractivity contribution in [3.63, 3.8) is 0 Å². The highest BCUT2D eigenvalue weighted by atomic mass is 16.8. The molecule has 3 saturated heterocycles. The van der Waals surface area contributed by atoms with Gasteiger partial charge in [-0.3, -0.25) is 4.79 Å². The second-order valence-electron chi connectivity index (χ2n) is 28.2. The molecular formula is C74H143NO18. The average Bonchev–Trinajstić information content (AvgIpc) is 0.841. The van der Waals surface area contributed by atoms with E-state index in [2.05, 4.69) is 19.2 Å². The van der Waals surface area contributed by atoms with E-state index in [4.69, 9.17) is 28.4 Å². The van der Waals surface area contributed by atoms with Crippen LogP contribution in [0.25, 0.3) is 0 Å². The van der Waals surface area contributed by atoms with E-state index in [9.17, 15) is 61.0 Å². The summed E-state index contributed by atoms with van der Waals surface area (Å²) in [5, 5.41) is 121. The van der Waals surface area contributed by atoms with Crippen LogP contribution in [0.15, 0.2) is 0 Å². The van der Waals surface area contributed by atoms with Crippen molar-refractivity contribution in [1.29, 1.82) is 0 Å². The summed E-state index contributed by atoms with van der Waals surface area (Å²) in [6.07, 6.45) is 36.3. The van der Waals surface area contributed by atoms with E-state index in [-0.39, 0.29) is 18.9 Å². The van der Waals surface area contributed by atoms with Gasteiger partial charge in [0.15, 0.2) is 18.9 Å². The van der Waals surface area contributed by atoms with Crippen LogP contribution in [0.1, 0.15) is 335 Å². The number of amides is 1. The molecule has 17 atom stereocenters. The Morgan fingerprint density at radius 3 is 0.935 bits per heavy atom. The summed E-state index contributed by atoms with van der Waals surface area (Å²) in [6, 6.07) is -0.882. The van der Waals surface area contributed by atoms with E-state index in [0.29, 0.717) is 12.8 Å². The van der Waals surface area contributed by atoms with Gasteiger partial charge in [0.25, 0.3) is 0 Å². The molecule has 0 saturated carbocycles. The minimum Gasteiger partial charge on any atom is -0.394 e. The van der Waals surface area contributed by atoms with Crippen LogP contribution in [0.2, 0.25) is 0 Å². The molecule has 0 aromatic heterocycles. The Balaban J connectivity index is 1.34. The van der Waals surface area contributed by atoms with Gasteiger partial charge in [0.2, 0.25) is 5.91 Å². The minimum atomic E-state index is -1.97. The molecule has 0 radical (unpaired) electrons. The predicted octanol–water partition coefficient (Wildman–Crippen LogP) is 11.8. The molecular weight excluding hydrogens is 1190 g/mol. The highest BCUT2D eigenvalue weighted by molar-refractivity contribution is 5.76. The molecule has 0 bridgehead atoms. The van der Waals surface area contributed by atoms with Gasteiger partial charge in [-0.05, 0) is 12.8 Å². The van der Waals surface area contributed by atoms with E-state index in [0.717, 1.165) is 44.9 Å². The van der Waals surface area contributed by atoms with Crippen molar-refractivity contribution in [1.82, 2.24) is 5.32 Å². The molecule has 19 nitrogen and oxygen atoms in total. The lowest BCUT2D eigenvalue weighted by Crippen LogP contribution is -2.66. The average molecular weight is 1330 g/mol. The fraction of sp³-hybridized carbons (Fsp3) is 0.986. The first-order valence-electron chi connectivity index (χ1n) is 38.8. The molecule has 3 aliphatic heterocycles. The summed E-state index contributed by atoms with van der Waals surface area (Å²) in [6.45, 7) is 1.85. The normalized spacial score (nSPS) is 27.4. The largest absolute Gasteiger partial charge is 0.394 e. The first-order valence-corrected chi connectivity index (χ1v) is 38.8. The third-order valence-corrected chi connectivity index (χ3v) is 19.9. The monoisotopic (exact) mass is 1330 g/mol. The van der Waals surface area contributed by atoms with Gasteiger partial charge in [-0.25, -0.2) is 0 Å². The lowest BCUT2D eigenvalue weighted by molar-refractivity contribution is -0.379. The first kappa shape index (κ1) is 86.0. The van der Waals surface area contributed by atoms with Crippen molar-refractivity contribution in [2.24, 2.45) is 0 Å². The number of carbonyl (C=O) groups is 1. The van der Waals surface area contributed by atoms with E-state index >= 15 is 0 Å². The summed E-state index contributed by atoms with van der Waals surface area (Å²) in [7, 11) is 0. The number of carbonyl (C=O) groups excluding carboxylic acids is 1. The molecule has 3 aliphatic rings. The zero-order valence-corrected chi connectivity index (χ0v) is 58.8. The molecule has 1 amide bonds. The Hall–Kier alpha value is -1.21. The quantitative estimate of drug-likeness (QED) is 0.0252. The number of nitrogens with one attached hydrogen (secondary N) is 1. The van der Waals surface area contributed by atoms with Gasteiger partial charge < -0.3 is 89.9 Å². The van der Waals surface area contributed by atoms with Crippen LogP contribution in [0, 0.1) is 0 Å². The Morgan fingerprint density at radius 2 is 0.613 bits per heavy atom. The number of hydrogen-bond donors (Lipinski definition) is 12. The van der Waals surface area contributed by atoms with Crippen molar-refractivity contribution < 1.29 is 89.4 Å². The van der Waals surface area contributed by atoms with E-state index in [1.165, 1.54) is 257 Å². The topological polar surface area (TPSA) is 307 Å². The van der Waals surface area contributed by atoms with Crippen LogP contribution in [-0.4, -0.2) is 193 Å². The van der Waals surface area contributed by atoms with Gasteiger partial charge in [-0.2, -0.15) is 0 Å². The summed E-state index contributed by atoms with van der Waals surface area (Å²) in [5.74, 6) is -0.234. The van der Waals surface area contributed by atoms with Crippen molar-refractivity contribution in [3.8, 4) is 0 Å². The molecule has 0 aliphatic carbocycles. The van der Waals surface area contributed by atoms with Crippen molar-refractivity contribution >= 4 is 5.91 Å². The van der Waals surface area contributed by atoms with Crippen LogP contribution in [0.5, 0.6) is 0 Å². The van der Waals surface area contributed by atoms with E-state index in [1.54, 1.807) is 0 Å². The fourth-order valence-electron chi connectivity index (χ4n) is 13.7. The highest BCUT2D eigenvalue weighted by Crippen LogP contribution is 2.33. The highest BCUT2D eigenvalue weighted by Gasteiger charge is 2.54. The fourth-order valence-corrected chi connectivity index (χ4v) is 13.7. The maximum absolute atomic E-state index is 13.5. The van der Waals surface area contributed by atoms with Gasteiger partial charge in [-0.1, -0.05) is 316 Å². The molecule has 3 fully saturated rings. The van der Waals surface area contributed by atoms with E-state index in [1.807, 2.05) is 0 Å². The summed E-state index contributed by atoms with van der Waals surface area (Å²) in [5.41, 5.74) is 0. The summed E-state index contributed by atoms with van der Waals surface area (Å²) in [4.78, 5) is 13.5. The second-order valence-corrected chi connectivity index (χ2v) is 28.2. The number of rotatable bonds is 62. The van der Waals surface area contributed by atoms with Crippen molar-refractivity contribution in [2.75, 3.05) is 26.4 Å². The third kappa shape index (κ3) is 37.7. The van der Waals surface area contributed by atoms with Gasteiger partial charge in [0.05, 0.1) is 38.6 Å². The molecule has 0 spiro atoms. The van der Waals surface area contributed by atoms with Gasteiger partial charge in [0, 0.05) is 6.42 Å². The lowest BCUT2D eigenvalue weighted by atomic mass is 9.96. The molecule has 19 heteroatoms. The predicted molar refractivity (Wildman–Crippen MR) is 365 cm³/mol. The SMILES string of the molecule is CCCCCCCCCCCCCCCCCCCCCCCCCCCCCCCCCCC(=O)NC(COC1OC(CO)C(OC2OC(CO)C(OC3OC(CO)C(O)C(O)C3O)C(O)C2O)C(O)C1O)C(O)CCCCCCCCCCCCCCCCCC. The summed E-state index contributed by atoms with van der Waals surface area (Å²) < 4.78 is 34.5. The van der Waals surface area contributed by atoms with Crippen LogP contribution in [0.4, 0.5) is 0 Å². The maximum Gasteiger partial charge on any atom is 0.220 e. The van der Waals surface area contributed by atoms with Crippen LogP contribution < -0.4 is 5.32 Å². The third-order valence-electron chi connectivity index (χ3n) is 19.9. The molecule has 93 heavy (non-hydrogen) atoms. The lowest BCUT2D eigenvalue weighted by Gasteiger charge is -2.48. The molecule has 12 N–H and O–H groups in total. The van der Waals surface area contributed by atoms with Crippen LogP contribution >= 0.6 is 0 Å². The minimum absolute atomic E-state index is 0.234. The second kappa shape index (κ2) is 56.5. The van der Waals surface area contributed by atoms with Gasteiger partial charge in [0.1, 0.15) is 73.2 Å². The van der Waals surface area contributed by atoms with Crippen molar-refractivity contribution in [2.45, 2.75) is 439 Å². The van der Waals surface area contributed by atoms with Crippen LogP contribution in [0.3, 0.4) is 0 Å². The first-order chi connectivity index (χ1) is 45.3. The molecule has 3 rings (SSSR count). The Kier molecular flexibility index (Phi) is 52.3. The molecule has 17 unspecified atom stereocenters. The number of aliphatic hydroxyl groups excluding tert-OH is 11. The van der Waals surface area contributed by atoms with Crippen molar-refractivity contribution in [3.05, 3.63) is 0 Å². The number of hydrogen-bond acceptors (Lipinski definition) is 18. The Morgan fingerprint density at radius 1 is 0.344 bits per heavy atom. The maximum atomic E-state index is 13.5. The van der Waals surface area contributed by atoms with E-state index < -0.39 is 124 Å². The summed E-state index contributed by atoms with van der Waals surface area (Å²) >= 11 is 0. The number of ether oxygens (including phenoxy) is 6.